The molecule has 0 aliphatic carbocycles. The molecule has 1 aromatic carbocycles. The Morgan fingerprint density at radius 3 is 2.79 bits per heavy atom. The lowest BCUT2D eigenvalue weighted by atomic mass is 10.1. The van der Waals surface area contributed by atoms with Gasteiger partial charge in [0.2, 0.25) is 0 Å². The third kappa shape index (κ3) is 2.54. The number of hydrogen-bond acceptors (Lipinski definition) is 4. The lowest BCUT2D eigenvalue weighted by molar-refractivity contribution is 1.07. The van der Waals surface area contributed by atoms with Crippen molar-refractivity contribution in [3.05, 3.63) is 59.7 Å². The number of hydrogen-bond donors (Lipinski definition) is 1. The first-order chi connectivity index (χ1) is 9.36. The van der Waals surface area contributed by atoms with Crippen LogP contribution in [-0.4, -0.2) is 9.97 Å². The molecule has 0 saturated carbocycles. The fourth-order valence-electron chi connectivity index (χ4n) is 1.88. The highest BCUT2D eigenvalue weighted by molar-refractivity contribution is 7.13. The first-order valence-electron chi connectivity index (χ1n) is 6.02. The zero-order valence-corrected chi connectivity index (χ0v) is 11.1. The summed E-state index contributed by atoms with van der Waals surface area (Å²) in [6, 6.07) is 12.1. The molecule has 0 bridgehead atoms. The smallest absolute Gasteiger partial charge is 0.124 e. The molecule has 3 aromatic rings. The van der Waals surface area contributed by atoms with Crippen molar-refractivity contribution in [2.75, 3.05) is 0 Å². The van der Waals surface area contributed by atoms with E-state index in [0.717, 1.165) is 27.4 Å². The van der Waals surface area contributed by atoms with Crippen molar-refractivity contribution >= 4 is 11.3 Å². The Hall–Kier alpha value is -2.04. The lowest BCUT2D eigenvalue weighted by Gasteiger charge is -2.00. The predicted molar refractivity (Wildman–Crippen MR) is 78.7 cm³/mol. The Morgan fingerprint density at radius 2 is 2.00 bits per heavy atom. The quantitative estimate of drug-likeness (QED) is 0.792. The van der Waals surface area contributed by atoms with Crippen LogP contribution >= 0.6 is 11.3 Å². The number of nitrogens with zero attached hydrogens (tertiary/aromatic N) is 2. The van der Waals surface area contributed by atoms with Gasteiger partial charge in [-0.25, -0.2) is 4.98 Å². The van der Waals surface area contributed by atoms with Crippen molar-refractivity contribution in [2.45, 2.75) is 6.54 Å². The minimum atomic E-state index is 0.550. The largest absolute Gasteiger partial charge is 0.326 e. The molecule has 0 spiro atoms. The highest BCUT2D eigenvalue weighted by atomic mass is 32.1. The molecule has 0 fully saturated rings. The van der Waals surface area contributed by atoms with E-state index < -0.39 is 0 Å². The van der Waals surface area contributed by atoms with Crippen molar-refractivity contribution < 1.29 is 0 Å². The molecule has 3 rings (SSSR count). The van der Waals surface area contributed by atoms with Gasteiger partial charge >= 0.3 is 0 Å². The van der Waals surface area contributed by atoms with Crippen LogP contribution in [0.15, 0.2) is 54.2 Å². The van der Waals surface area contributed by atoms with Gasteiger partial charge in [-0.2, -0.15) is 0 Å². The Morgan fingerprint density at radius 1 is 1.11 bits per heavy atom. The minimum absolute atomic E-state index is 0.550. The van der Waals surface area contributed by atoms with Crippen LogP contribution < -0.4 is 5.73 Å². The van der Waals surface area contributed by atoms with Gasteiger partial charge in [0.05, 0.1) is 5.69 Å². The summed E-state index contributed by atoms with van der Waals surface area (Å²) in [4.78, 5) is 8.78. The van der Waals surface area contributed by atoms with Gasteiger partial charge < -0.3 is 5.73 Å². The summed E-state index contributed by atoms with van der Waals surface area (Å²) in [5.41, 5.74) is 9.91. The van der Waals surface area contributed by atoms with Gasteiger partial charge in [-0.15, -0.1) is 11.3 Å². The van der Waals surface area contributed by atoms with E-state index in [-0.39, 0.29) is 0 Å². The van der Waals surface area contributed by atoms with Gasteiger partial charge in [0.1, 0.15) is 5.01 Å². The van der Waals surface area contributed by atoms with Crippen LogP contribution in [0.2, 0.25) is 0 Å². The number of pyridine rings is 1. The van der Waals surface area contributed by atoms with Gasteiger partial charge in [-0.3, -0.25) is 4.98 Å². The Kier molecular flexibility index (Phi) is 3.35. The monoisotopic (exact) mass is 267 g/mol. The van der Waals surface area contributed by atoms with Crippen LogP contribution in [0.3, 0.4) is 0 Å². The van der Waals surface area contributed by atoms with Gasteiger partial charge in [0.25, 0.3) is 0 Å². The van der Waals surface area contributed by atoms with E-state index in [1.54, 1.807) is 17.5 Å². The molecule has 94 valence electrons. The highest BCUT2D eigenvalue weighted by Gasteiger charge is 2.06. The number of rotatable bonds is 3. The summed E-state index contributed by atoms with van der Waals surface area (Å²) < 4.78 is 0. The van der Waals surface area contributed by atoms with Crippen LogP contribution in [0.4, 0.5) is 0 Å². The zero-order valence-electron chi connectivity index (χ0n) is 10.3. The fourth-order valence-corrected chi connectivity index (χ4v) is 2.71. The van der Waals surface area contributed by atoms with Crippen molar-refractivity contribution in [1.82, 2.24) is 9.97 Å². The normalized spacial score (nSPS) is 10.6. The van der Waals surface area contributed by atoms with E-state index >= 15 is 0 Å². The molecule has 0 atom stereocenters. The Labute approximate surface area is 115 Å². The lowest BCUT2D eigenvalue weighted by Crippen LogP contribution is -1.95. The standard InChI is InChI=1S/C15H13N3S/c16-8-11-3-1-4-12(7-11)15-18-14(10-19-15)13-5-2-6-17-9-13/h1-7,9-10H,8,16H2. The predicted octanol–water partition coefficient (Wildman–Crippen LogP) is 3.33. The second kappa shape index (κ2) is 5.30. The molecule has 0 saturated heterocycles. The van der Waals surface area contributed by atoms with E-state index in [0.29, 0.717) is 6.54 Å². The van der Waals surface area contributed by atoms with Crippen molar-refractivity contribution in [3.63, 3.8) is 0 Å². The molecule has 4 heteroatoms. The summed E-state index contributed by atoms with van der Waals surface area (Å²) in [5.74, 6) is 0. The van der Waals surface area contributed by atoms with E-state index in [1.807, 2.05) is 30.5 Å². The van der Waals surface area contributed by atoms with Gasteiger partial charge in [0, 0.05) is 35.4 Å². The first-order valence-corrected chi connectivity index (χ1v) is 6.90. The molecule has 3 nitrogen and oxygen atoms in total. The van der Waals surface area contributed by atoms with Crippen molar-refractivity contribution in [1.29, 1.82) is 0 Å². The van der Waals surface area contributed by atoms with E-state index in [1.165, 1.54) is 0 Å². The summed E-state index contributed by atoms with van der Waals surface area (Å²) >= 11 is 1.64. The number of nitrogens with two attached hydrogens (primary N) is 1. The van der Waals surface area contributed by atoms with Crippen molar-refractivity contribution in [3.8, 4) is 21.8 Å². The Balaban J connectivity index is 1.97. The summed E-state index contributed by atoms with van der Waals surface area (Å²) in [5, 5.41) is 3.07. The Bertz CT molecular complexity index is 677. The summed E-state index contributed by atoms with van der Waals surface area (Å²) in [7, 11) is 0. The van der Waals surface area contributed by atoms with E-state index in [4.69, 9.17) is 5.73 Å². The van der Waals surface area contributed by atoms with Crippen LogP contribution in [0, 0.1) is 0 Å². The molecule has 0 aliphatic heterocycles. The number of benzene rings is 1. The summed E-state index contributed by atoms with van der Waals surface area (Å²) in [6.45, 7) is 0.550. The van der Waals surface area contributed by atoms with Gasteiger partial charge in [-0.05, 0) is 23.8 Å². The van der Waals surface area contributed by atoms with Crippen LogP contribution in [0.1, 0.15) is 5.56 Å². The average molecular weight is 267 g/mol. The highest BCUT2D eigenvalue weighted by Crippen LogP contribution is 2.28. The zero-order chi connectivity index (χ0) is 13.1. The number of thiazole rings is 1. The van der Waals surface area contributed by atoms with Crippen LogP contribution in [0.5, 0.6) is 0 Å². The molecule has 0 aliphatic rings. The SMILES string of the molecule is NCc1cccc(-c2nc(-c3cccnc3)cs2)c1. The second-order valence-electron chi connectivity index (χ2n) is 4.18. The number of aromatic nitrogens is 2. The fraction of sp³-hybridized carbons (Fsp3) is 0.0667. The summed E-state index contributed by atoms with van der Waals surface area (Å²) in [6.07, 6.45) is 3.59. The van der Waals surface area contributed by atoms with Gasteiger partial charge in [-0.1, -0.05) is 18.2 Å². The van der Waals surface area contributed by atoms with E-state index in [2.05, 4.69) is 27.5 Å². The maximum Gasteiger partial charge on any atom is 0.124 e. The molecule has 0 amide bonds. The molecular formula is C15H13N3S. The van der Waals surface area contributed by atoms with E-state index in [9.17, 15) is 0 Å². The van der Waals surface area contributed by atoms with Gasteiger partial charge in [0.15, 0.2) is 0 Å². The average Bonchev–Trinajstić information content (AvgIpc) is 2.98. The molecule has 19 heavy (non-hydrogen) atoms. The second-order valence-corrected chi connectivity index (χ2v) is 5.04. The third-order valence-corrected chi connectivity index (χ3v) is 3.76. The molecule has 0 unspecified atom stereocenters. The maximum absolute atomic E-state index is 5.67. The topological polar surface area (TPSA) is 51.8 Å². The molecule has 0 radical (unpaired) electrons. The molecule has 2 aromatic heterocycles. The minimum Gasteiger partial charge on any atom is -0.326 e. The van der Waals surface area contributed by atoms with Crippen molar-refractivity contribution in [2.24, 2.45) is 5.73 Å². The molecule has 2 N–H and O–H groups in total. The van der Waals surface area contributed by atoms with Crippen LogP contribution in [0.25, 0.3) is 21.8 Å². The van der Waals surface area contributed by atoms with Crippen LogP contribution in [-0.2, 0) is 6.54 Å². The molecular weight excluding hydrogens is 254 g/mol. The maximum atomic E-state index is 5.67. The molecule has 2 heterocycles. The first kappa shape index (κ1) is 12.0. The third-order valence-electron chi connectivity index (χ3n) is 2.87.